The molecule has 5 heteroatoms. The highest BCUT2D eigenvalue weighted by Crippen LogP contribution is 2.30. The van der Waals surface area contributed by atoms with Crippen molar-refractivity contribution in [1.29, 1.82) is 0 Å². The SMILES string of the molecule is CNCCN=Cc1cc(Cl)cc(Br)c1O. The zero-order chi connectivity index (χ0) is 11.3. The summed E-state index contributed by atoms with van der Waals surface area (Å²) < 4.78 is 0.574. The number of likely N-dealkylation sites (N-methyl/N-ethyl adjacent to an activating group) is 1. The van der Waals surface area contributed by atoms with Crippen molar-refractivity contribution in [3.8, 4) is 5.75 Å². The first kappa shape index (κ1) is 12.5. The molecule has 0 radical (unpaired) electrons. The number of phenolic OH excluding ortho intramolecular Hbond substituents is 1. The molecule has 3 nitrogen and oxygen atoms in total. The fraction of sp³-hybridized carbons (Fsp3) is 0.300. The molecule has 0 heterocycles. The van der Waals surface area contributed by atoms with Gasteiger partial charge in [-0.05, 0) is 35.1 Å². The molecule has 0 aliphatic rings. The van der Waals surface area contributed by atoms with Gasteiger partial charge in [0.05, 0.1) is 11.0 Å². The van der Waals surface area contributed by atoms with Crippen molar-refractivity contribution in [2.45, 2.75) is 0 Å². The maximum Gasteiger partial charge on any atom is 0.138 e. The summed E-state index contributed by atoms with van der Waals surface area (Å²) >= 11 is 9.06. The molecular weight excluding hydrogens is 279 g/mol. The van der Waals surface area contributed by atoms with E-state index in [0.717, 1.165) is 6.54 Å². The van der Waals surface area contributed by atoms with Gasteiger partial charge in [-0.15, -0.1) is 0 Å². The fourth-order valence-electron chi connectivity index (χ4n) is 1.02. The molecule has 1 rings (SSSR count). The summed E-state index contributed by atoms with van der Waals surface area (Å²) in [7, 11) is 1.86. The van der Waals surface area contributed by atoms with E-state index in [1.807, 2.05) is 7.05 Å². The third-order valence-electron chi connectivity index (χ3n) is 1.78. The van der Waals surface area contributed by atoms with Crippen molar-refractivity contribution in [2.75, 3.05) is 20.1 Å². The van der Waals surface area contributed by atoms with Gasteiger partial charge in [0.2, 0.25) is 0 Å². The smallest absolute Gasteiger partial charge is 0.138 e. The predicted molar refractivity (Wildman–Crippen MR) is 67.2 cm³/mol. The fourth-order valence-corrected chi connectivity index (χ4v) is 1.86. The van der Waals surface area contributed by atoms with E-state index in [-0.39, 0.29) is 5.75 Å². The van der Waals surface area contributed by atoms with Crippen LogP contribution >= 0.6 is 27.5 Å². The highest BCUT2D eigenvalue weighted by atomic mass is 79.9. The molecule has 0 amide bonds. The lowest BCUT2D eigenvalue weighted by atomic mass is 10.2. The Bertz CT molecular complexity index is 369. The van der Waals surface area contributed by atoms with Crippen LogP contribution in [-0.2, 0) is 0 Å². The van der Waals surface area contributed by atoms with Gasteiger partial charge in [-0.25, -0.2) is 0 Å². The van der Waals surface area contributed by atoms with Gasteiger partial charge in [0.25, 0.3) is 0 Å². The first-order chi connectivity index (χ1) is 7.15. The summed E-state index contributed by atoms with van der Waals surface area (Å²) in [4.78, 5) is 4.15. The van der Waals surface area contributed by atoms with E-state index in [1.54, 1.807) is 18.3 Å². The van der Waals surface area contributed by atoms with Crippen LogP contribution in [0.3, 0.4) is 0 Å². The highest BCUT2D eigenvalue weighted by molar-refractivity contribution is 9.10. The van der Waals surface area contributed by atoms with Gasteiger partial charge in [0.15, 0.2) is 0 Å². The lowest BCUT2D eigenvalue weighted by Crippen LogP contribution is -2.10. The minimum atomic E-state index is 0.160. The van der Waals surface area contributed by atoms with Crippen LogP contribution in [0, 0.1) is 0 Å². The second-order valence-corrected chi connectivity index (χ2v) is 4.26. The zero-order valence-corrected chi connectivity index (χ0v) is 10.6. The van der Waals surface area contributed by atoms with E-state index in [1.165, 1.54) is 0 Å². The van der Waals surface area contributed by atoms with Gasteiger partial charge >= 0.3 is 0 Å². The number of halogens is 2. The molecule has 0 bridgehead atoms. The normalized spacial score (nSPS) is 11.1. The molecular formula is C10H12BrClN2O. The molecule has 0 fully saturated rings. The lowest BCUT2D eigenvalue weighted by molar-refractivity contribution is 0.471. The van der Waals surface area contributed by atoms with Gasteiger partial charge in [-0.1, -0.05) is 11.6 Å². The van der Waals surface area contributed by atoms with E-state index in [0.29, 0.717) is 21.6 Å². The maximum atomic E-state index is 9.67. The number of rotatable bonds is 4. The van der Waals surface area contributed by atoms with E-state index in [2.05, 4.69) is 26.2 Å². The van der Waals surface area contributed by atoms with Crippen LogP contribution in [0.15, 0.2) is 21.6 Å². The molecule has 0 unspecified atom stereocenters. The number of benzene rings is 1. The minimum absolute atomic E-state index is 0.160. The number of aliphatic imine (C=N–C) groups is 1. The summed E-state index contributed by atoms with van der Waals surface area (Å²) in [5.41, 5.74) is 0.616. The highest BCUT2D eigenvalue weighted by Gasteiger charge is 2.04. The Morgan fingerprint density at radius 3 is 3.00 bits per heavy atom. The van der Waals surface area contributed by atoms with Crippen LogP contribution in [0.1, 0.15) is 5.56 Å². The Morgan fingerprint density at radius 2 is 2.33 bits per heavy atom. The molecule has 1 aromatic rings. The first-order valence-corrected chi connectivity index (χ1v) is 5.64. The third kappa shape index (κ3) is 3.81. The average Bonchev–Trinajstić information content (AvgIpc) is 2.19. The van der Waals surface area contributed by atoms with Crippen molar-refractivity contribution < 1.29 is 5.11 Å². The first-order valence-electron chi connectivity index (χ1n) is 4.47. The van der Waals surface area contributed by atoms with Gasteiger partial charge in [0.1, 0.15) is 5.75 Å². The summed E-state index contributed by atoms with van der Waals surface area (Å²) in [5.74, 6) is 0.160. The van der Waals surface area contributed by atoms with Crippen molar-refractivity contribution in [3.63, 3.8) is 0 Å². The topological polar surface area (TPSA) is 44.6 Å². The second kappa shape index (κ2) is 6.10. The molecule has 0 aliphatic carbocycles. The number of nitrogens with one attached hydrogen (secondary N) is 1. The Labute approximate surface area is 102 Å². The van der Waals surface area contributed by atoms with Gasteiger partial charge < -0.3 is 10.4 Å². The van der Waals surface area contributed by atoms with Crippen molar-refractivity contribution in [2.24, 2.45) is 4.99 Å². The molecule has 0 saturated carbocycles. The Balaban J connectivity index is 2.80. The summed E-state index contributed by atoms with van der Waals surface area (Å²) in [6.07, 6.45) is 1.61. The Morgan fingerprint density at radius 1 is 1.60 bits per heavy atom. The van der Waals surface area contributed by atoms with E-state index >= 15 is 0 Å². The van der Waals surface area contributed by atoms with Crippen LogP contribution in [0.4, 0.5) is 0 Å². The molecule has 0 atom stereocenters. The zero-order valence-electron chi connectivity index (χ0n) is 8.30. The van der Waals surface area contributed by atoms with Gasteiger partial charge in [0, 0.05) is 23.3 Å². The minimum Gasteiger partial charge on any atom is -0.506 e. The standard InChI is InChI=1S/C10H12BrClN2O/c1-13-2-3-14-6-7-4-8(12)5-9(11)10(7)15/h4-6,13,15H,2-3H2,1H3. The molecule has 15 heavy (non-hydrogen) atoms. The quantitative estimate of drug-likeness (QED) is 0.661. The van der Waals surface area contributed by atoms with E-state index in [4.69, 9.17) is 11.6 Å². The molecule has 0 aliphatic heterocycles. The van der Waals surface area contributed by atoms with Crippen molar-refractivity contribution >= 4 is 33.7 Å². The Hall–Kier alpha value is -0.580. The molecule has 82 valence electrons. The summed E-state index contributed by atoms with van der Waals surface area (Å²) in [5, 5.41) is 13.2. The molecule has 2 N–H and O–H groups in total. The molecule has 0 aromatic heterocycles. The monoisotopic (exact) mass is 290 g/mol. The number of nitrogens with zero attached hydrogens (tertiary/aromatic N) is 1. The van der Waals surface area contributed by atoms with Crippen LogP contribution in [0.25, 0.3) is 0 Å². The molecule has 0 spiro atoms. The van der Waals surface area contributed by atoms with Gasteiger partial charge in [-0.2, -0.15) is 0 Å². The maximum absolute atomic E-state index is 9.67. The number of phenols is 1. The summed E-state index contributed by atoms with van der Waals surface area (Å²) in [6, 6.07) is 3.31. The number of hydrogen-bond donors (Lipinski definition) is 2. The largest absolute Gasteiger partial charge is 0.506 e. The molecule has 1 aromatic carbocycles. The average molecular weight is 292 g/mol. The number of hydrogen-bond acceptors (Lipinski definition) is 3. The van der Waals surface area contributed by atoms with Crippen LogP contribution in [0.5, 0.6) is 5.75 Å². The third-order valence-corrected chi connectivity index (χ3v) is 2.60. The van der Waals surface area contributed by atoms with Crippen LogP contribution in [0.2, 0.25) is 5.02 Å². The van der Waals surface area contributed by atoms with E-state index in [9.17, 15) is 5.11 Å². The van der Waals surface area contributed by atoms with Crippen molar-refractivity contribution in [1.82, 2.24) is 5.32 Å². The van der Waals surface area contributed by atoms with Crippen molar-refractivity contribution in [3.05, 3.63) is 27.2 Å². The summed E-state index contributed by atoms with van der Waals surface area (Å²) in [6.45, 7) is 1.47. The number of aromatic hydroxyl groups is 1. The van der Waals surface area contributed by atoms with Crippen LogP contribution in [-0.4, -0.2) is 31.5 Å². The lowest BCUT2D eigenvalue weighted by Gasteiger charge is -2.02. The molecule has 0 saturated heterocycles. The van der Waals surface area contributed by atoms with E-state index < -0.39 is 0 Å². The Kier molecular flexibility index (Phi) is 5.08. The predicted octanol–water partition coefficient (Wildman–Crippen LogP) is 2.45. The van der Waals surface area contributed by atoms with Crippen LogP contribution < -0.4 is 5.32 Å². The second-order valence-electron chi connectivity index (χ2n) is 2.96. The van der Waals surface area contributed by atoms with Gasteiger partial charge in [-0.3, -0.25) is 4.99 Å².